The molecular weight excluding hydrogens is 464 g/mol. The number of esters is 1. The Bertz CT molecular complexity index is 1390. The van der Waals surface area contributed by atoms with Crippen LogP contribution in [-0.4, -0.2) is 41.0 Å². The largest absolute Gasteiger partial charge is 0.497 e. The third kappa shape index (κ3) is 5.66. The van der Waals surface area contributed by atoms with Crippen LogP contribution in [-0.2, 0) is 11.3 Å². The van der Waals surface area contributed by atoms with Crippen LogP contribution in [0.15, 0.2) is 60.8 Å². The van der Waals surface area contributed by atoms with Gasteiger partial charge in [-0.05, 0) is 60.4 Å². The monoisotopic (exact) mass is 496 g/mol. The topological polar surface area (TPSA) is 78.3 Å². The first-order chi connectivity index (χ1) is 18.1. The second kappa shape index (κ2) is 11.3. The highest BCUT2D eigenvalue weighted by Crippen LogP contribution is 2.30. The first kappa shape index (κ1) is 24.6. The van der Waals surface area contributed by atoms with Gasteiger partial charge in [-0.2, -0.15) is 5.10 Å². The predicted molar refractivity (Wildman–Crippen MR) is 147 cm³/mol. The summed E-state index contributed by atoms with van der Waals surface area (Å²) in [5, 5.41) is 9.73. The van der Waals surface area contributed by atoms with Crippen molar-refractivity contribution in [3.63, 3.8) is 0 Å². The Morgan fingerprint density at radius 3 is 2.46 bits per heavy atom. The van der Waals surface area contributed by atoms with Crippen molar-refractivity contribution in [2.24, 2.45) is 0 Å². The van der Waals surface area contributed by atoms with Crippen LogP contribution in [0, 0.1) is 0 Å². The number of nitrogens with one attached hydrogen (secondary N) is 1. The van der Waals surface area contributed by atoms with Crippen LogP contribution in [0.3, 0.4) is 0 Å². The number of methoxy groups -OCH3 is 2. The molecular formula is C30H32N4O3. The van der Waals surface area contributed by atoms with E-state index in [0.717, 1.165) is 52.1 Å². The lowest BCUT2D eigenvalue weighted by molar-refractivity contribution is 0.0600. The number of rotatable bonds is 8. The third-order valence-electron chi connectivity index (χ3n) is 6.89. The smallest absolute Gasteiger partial charge is 0.337 e. The number of carbonyl (C=O) groups is 1. The molecule has 1 aliphatic carbocycles. The van der Waals surface area contributed by atoms with Crippen LogP contribution in [0.4, 0.5) is 5.82 Å². The van der Waals surface area contributed by atoms with E-state index in [1.165, 1.54) is 26.4 Å². The van der Waals surface area contributed by atoms with Crippen molar-refractivity contribution in [1.82, 2.24) is 14.8 Å². The molecule has 0 bridgehead atoms. The van der Waals surface area contributed by atoms with Gasteiger partial charge in [0.1, 0.15) is 11.6 Å². The molecule has 1 aliphatic rings. The molecule has 0 saturated heterocycles. The maximum absolute atomic E-state index is 11.8. The molecule has 4 aromatic rings. The highest BCUT2D eigenvalue weighted by molar-refractivity contribution is 5.97. The molecule has 0 aliphatic heterocycles. The SMILES string of the molecule is COC(=O)c1ccc(/C=C/c2nn(Cc3ccc(OC)cc3)c3ccnc(NC4CCCCC4)c23)cc1. The molecule has 0 atom stereocenters. The van der Waals surface area contributed by atoms with Crippen LogP contribution < -0.4 is 10.1 Å². The zero-order valence-corrected chi connectivity index (χ0v) is 21.3. The summed E-state index contributed by atoms with van der Waals surface area (Å²) in [6.07, 6.45) is 12.0. The minimum absolute atomic E-state index is 0.344. The predicted octanol–water partition coefficient (Wildman–Crippen LogP) is 6.19. The maximum Gasteiger partial charge on any atom is 0.337 e. The fourth-order valence-corrected chi connectivity index (χ4v) is 4.87. The molecule has 0 radical (unpaired) electrons. The molecule has 2 aromatic carbocycles. The van der Waals surface area contributed by atoms with Crippen LogP contribution in [0.5, 0.6) is 5.75 Å². The lowest BCUT2D eigenvalue weighted by Crippen LogP contribution is -2.22. The Hall–Kier alpha value is -4.13. The number of pyridine rings is 1. The van der Waals surface area contributed by atoms with Crippen molar-refractivity contribution in [1.29, 1.82) is 0 Å². The van der Waals surface area contributed by atoms with Gasteiger partial charge in [0, 0.05) is 12.2 Å². The van der Waals surface area contributed by atoms with Gasteiger partial charge in [0.15, 0.2) is 0 Å². The van der Waals surface area contributed by atoms with Gasteiger partial charge in [-0.3, -0.25) is 4.68 Å². The van der Waals surface area contributed by atoms with Crippen molar-refractivity contribution in [2.45, 2.75) is 44.7 Å². The van der Waals surface area contributed by atoms with Crippen LogP contribution in [0.25, 0.3) is 23.1 Å². The van der Waals surface area contributed by atoms with E-state index in [4.69, 9.17) is 19.6 Å². The lowest BCUT2D eigenvalue weighted by atomic mass is 9.95. The molecule has 0 unspecified atom stereocenters. The minimum Gasteiger partial charge on any atom is -0.497 e. The second-order valence-electron chi connectivity index (χ2n) is 9.37. The quantitative estimate of drug-likeness (QED) is 0.293. The Kier molecular flexibility index (Phi) is 7.49. The van der Waals surface area contributed by atoms with Crippen LogP contribution in [0.1, 0.15) is 59.3 Å². The number of carbonyl (C=O) groups excluding carboxylic acids is 1. The summed E-state index contributed by atoms with van der Waals surface area (Å²) in [6.45, 7) is 0.634. The summed E-state index contributed by atoms with van der Waals surface area (Å²) >= 11 is 0. The molecule has 1 saturated carbocycles. The van der Waals surface area contributed by atoms with E-state index in [0.29, 0.717) is 18.2 Å². The lowest BCUT2D eigenvalue weighted by Gasteiger charge is -2.23. The number of anilines is 1. The van der Waals surface area contributed by atoms with Gasteiger partial charge in [-0.1, -0.05) is 49.6 Å². The average molecular weight is 497 g/mol. The van der Waals surface area contributed by atoms with E-state index in [1.807, 2.05) is 53.4 Å². The average Bonchev–Trinajstić information content (AvgIpc) is 3.30. The normalized spacial score (nSPS) is 14.2. The van der Waals surface area contributed by atoms with Crippen molar-refractivity contribution in [3.8, 4) is 5.75 Å². The van der Waals surface area contributed by atoms with Gasteiger partial charge >= 0.3 is 5.97 Å². The van der Waals surface area contributed by atoms with Crippen molar-refractivity contribution in [2.75, 3.05) is 19.5 Å². The van der Waals surface area contributed by atoms with Gasteiger partial charge in [0.25, 0.3) is 0 Å². The molecule has 2 heterocycles. The van der Waals surface area contributed by atoms with Gasteiger partial charge in [0.2, 0.25) is 0 Å². The van der Waals surface area contributed by atoms with Crippen LogP contribution >= 0.6 is 0 Å². The number of hydrogen-bond acceptors (Lipinski definition) is 6. The fraction of sp³-hybridized carbons (Fsp3) is 0.300. The Labute approximate surface area is 217 Å². The van der Waals surface area contributed by atoms with Gasteiger partial charge in [-0.15, -0.1) is 0 Å². The molecule has 0 spiro atoms. The third-order valence-corrected chi connectivity index (χ3v) is 6.89. The van der Waals surface area contributed by atoms with E-state index >= 15 is 0 Å². The highest BCUT2D eigenvalue weighted by Gasteiger charge is 2.19. The highest BCUT2D eigenvalue weighted by atomic mass is 16.5. The Morgan fingerprint density at radius 2 is 1.76 bits per heavy atom. The van der Waals surface area contributed by atoms with E-state index in [2.05, 4.69) is 17.4 Å². The van der Waals surface area contributed by atoms with Crippen molar-refractivity contribution < 1.29 is 14.3 Å². The maximum atomic E-state index is 11.8. The zero-order chi connectivity index (χ0) is 25.6. The standard InChI is InChI=1S/C30H32N4O3/c1-36-25-15-10-22(11-16-25)20-34-27-18-19-31-29(32-24-6-4-3-5-7-24)28(27)26(33-34)17-12-21-8-13-23(14-9-21)30(35)37-2/h8-19,24H,3-7,20H2,1-2H3,(H,31,32)/b17-12+. The molecule has 0 amide bonds. The second-order valence-corrected chi connectivity index (χ2v) is 9.37. The van der Waals surface area contributed by atoms with E-state index in [-0.39, 0.29) is 5.97 Å². The molecule has 37 heavy (non-hydrogen) atoms. The molecule has 2 aromatic heterocycles. The van der Waals surface area contributed by atoms with Gasteiger partial charge in [0.05, 0.1) is 42.9 Å². The van der Waals surface area contributed by atoms with Gasteiger partial charge < -0.3 is 14.8 Å². The van der Waals surface area contributed by atoms with Crippen molar-refractivity contribution >= 4 is 34.8 Å². The number of benzene rings is 2. The number of hydrogen-bond donors (Lipinski definition) is 1. The first-order valence-corrected chi connectivity index (χ1v) is 12.8. The summed E-state index contributed by atoms with van der Waals surface area (Å²) in [5.74, 6) is 1.37. The molecule has 7 heteroatoms. The number of ether oxygens (including phenoxy) is 2. The Balaban J connectivity index is 1.50. The number of aromatic nitrogens is 3. The zero-order valence-electron chi connectivity index (χ0n) is 21.3. The van der Waals surface area contributed by atoms with Crippen molar-refractivity contribution in [3.05, 3.63) is 83.2 Å². The van der Waals surface area contributed by atoms with Crippen LogP contribution in [0.2, 0.25) is 0 Å². The minimum atomic E-state index is -0.344. The number of fused-ring (bicyclic) bond motifs is 1. The summed E-state index contributed by atoms with van der Waals surface area (Å²) in [5.41, 5.74) is 4.52. The molecule has 190 valence electrons. The number of nitrogens with zero attached hydrogens (tertiary/aromatic N) is 3. The molecule has 1 fully saturated rings. The summed E-state index contributed by atoms with van der Waals surface area (Å²) < 4.78 is 12.1. The summed E-state index contributed by atoms with van der Waals surface area (Å²) in [6, 6.07) is 17.9. The van der Waals surface area contributed by atoms with E-state index in [1.54, 1.807) is 19.2 Å². The molecule has 7 nitrogen and oxygen atoms in total. The van der Waals surface area contributed by atoms with E-state index in [9.17, 15) is 4.79 Å². The summed E-state index contributed by atoms with van der Waals surface area (Å²) in [4.78, 5) is 16.5. The summed E-state index contributed by atoms with van der Waals surface area (Å²) in [7, 11) is 3.06. The Morgan fingerprint density at radius 1 is 1.00 bits per heavy atom. The molecule has 5 rings (SSSR count). The first-order valence-electron chi connectivity index (χ1n) is 12.8. The van der Waals surface area contributed by atoms with Gasteiger partial charge in [-0.25, -0.2) is 9.78 Å². The van der Waals surface area contributed by atoms with E-state index < -0.39 is 0 Å². The fourth-order valence-electron chi connectivity index (χ4n) is 4.87. The molecule has 1 N–H and O–H groups in total.